The van der Waals surface area contributed by atoms with Crippen LogP contribution in [-0.2, 0) is 19.4 Å². The van der Waals surface area contributed by atoms with Crippen molar-refractivity contribution in [2.75, 3.05) is 19.7 Å². The Kier molecular flexibility index (Phi) is 11.7. The summed E-state index contributed by atoms with van der Waals surface area (Å²) in [6.45, 7) is 7.87. The number of sulfone groups is 1. The SMILES string of the molecule is CCC/C=C/CCCOC(=O)/C(=C/C=C/N(CC)CC)S(=O)(=O)c1ccccc1. The van der Waals surface area contributed by atoms with Crippen LogP contribution in [0.2, 0.25) is 0 Å². The van der Waals surface area contributed by atoms with E-state index in [1.165, 1.54) is 18.2 Å². The van der Waals surface area contributed by atoms with E-state index >= 15 is 0 Å². The summed E-state index contributed by atoms with van der Waals surface area (Å²) in [5.41, 5.74) is 0. The number of hydrogen-bond donors (Lipinski definition) is 0. The number of esters is 1. The molecule has 6 heteroatoms. The van der Waals surface area contributed by atoms with Crippen molar-refractivity contribution in [3.63, 3.8) is 0 Å². The highest BCUT2D eigenvalue weighted by Crippen LogP contribution is 2.20. The Labute approximate surface area is 175 Å². The number of carbonyl (C=O) groups excluding carboxylic acids is 1. The molecule has 0 unspecified atom stereocenters. The van der Waals surface area contributed by atoms with Gasteiger partial charge in [0.05, 0.1) is 11.5 Å². The number of carbonyl (C=O) groups is 1. The zero-order chi connectivity index (χ0) is 21.5. The van der Waals surface area contributed by atoms with Gasteiger partial charge in [-0.3, -0.25) is 0 Å². The van der Waals surface area contributed by atoms with Gasteiger partial charge in [0.1, 0.15) is 0 Å². The molecule has 160 valence electrons. The van der Waals surface area contributed by atoms with Gasteiger partial charge in [0.15, 0.2) is 4.91 Å². The standard InChI is InChI=1S/C23H33NO4S/c1-4-7-8-9-10-14-20-28-23(25)22(18-15-19-24(5-2)6-3)29(26,27)21-16-12-11-13-17-21/h8-9,11-13,15-19H,4-7,10,14,20H2,1-3H3/b9-8+,19-15+,22-18-. The fourth-order valence-corrected chi connectivity index (χ4v) is 3.83. The molecule has 0 bridgehead atoms. The number of allylic oxidation sites excluding steroid dienone is 4. The van der Waals surface area contributed by atoms with E-state index in [1.54, 1.807) is 30.5 Å². The van der Waals surface area contributed by atoms with Crippen molar-refractivity contribution in [3.05, 3.63) is 65.7 Å². The lowest BCUT2D eigenvalue weighted by molar-refractivity contribution is -0.138. The Balaban J connectivity index is 2.94. The van der Waals surface area contributed by atoms with Gasteiger partial charge in [-0.15, -0.1) is 0 Å². The van der Waals surface area contributed by atoms with Crippen molar-refractivity contribution in [3.8, 4) is 0 Å². The summed E-state index contributed by atoms with van der Waals surface area (Å²) in [4.78, 5) is 14.3. The highest BCUT2D eigenvalue weighted by atomic mass is 32.2. The summed E-state index contributed by atoms with van der Waals surface area (Å²) in [5.74, 6) is -0.824. The first-order chi connectivity index (χ1) is 14.0. The van der Waals surface area contributed by atoms with E-state index in [-0.39, 0.29) is 16.4 Å². The van der Waals surface area contributed by atoms with Crippen LogP contribution >= 0.6 is 0 Å². The van der Waals surface area contributed by atoms with Crippen LogP contribution in [0.25, 0.3) is 0 Å². The topological polar surface area (TPSA) is 63.7 Å². The van der Waals surface area contributed by atoms with Gasteiger partial charge in [0.2, 0.25) is 9.84 Å². The molecule has 0 aliphatic rings. The number of benzene rings is 1. The first-order valence-corrected chi connectivity index (χ1v) is 11.7. The van der Waals surface area contributed by atoms with Gasteiger partial charge in [-0.25, -0.2) is 13.2 Å². The lowest BCUT2D eigenvalue weighted by atomic mass is 10.2. The summed E-state index contributed by atoms with van der Waals surface area (Å²) in [6.07, 6.45) is 12.4. The zero-order valence-corrected chi connectivity index (χ0v) is 18.5. The van der Waals surface area contributed by atoms with Gasteiger partial charge in [-0.2, -0.15) is 0 Å². The third kappa shape index (κ3) is 8.69. The van der Waals surface area contributed by atoms with Gasteiger partial charge in [-0.1, -0.05) is 43.7 Å². The van der Waals surface area contributed by atoms with E-state index in [9.17, 15) is 13.2 Å². The van der Waals surface area contributed by atoms with E-state index in [4.69, 9.17) is 4.74 Å². The molecule has 0 aliphatic heterocycles. The molecule has 0 radical (unpaired) electrons. The van der Waals surface area contributed by atoms with Gasteiger partial charge >= 0.3 is 5.97 Å². The molecule has 0 amide bonds. The molecule has 1 rings (SSSR count). The van der Waals surface area contributed by atoms with Crippen molar-refractivity contribution in [1.29, 1.82) is 0 Å². The lowest BCUT2D eigenvalue weighted by Crippen LogP contribution is -2.18. The van der Waals surface area contributed by atoms with Gasteiger partial charge < -0.3 is 9.64 Å². The molecular weight excluding hydrogens is 386 g/mol. The Morgan fingerprint density at radius 1 is 1.03 bits per heavy atom. The molecule has 29 heavy (non-hydrogen) atoms. The Bertz CT molecular complexity index is 791. The predicted octanol–water partition coefficient (Wildman–Crippen LogP) is 4.88. The minimum absolute atomic E-state index is 0.0712. The Morgan fingerprint density at radius 2 is 1.69 bits per heavy atom. The summed E-state index contributed by atoms with van der Waals surface area (Å²) in [6, 6.07) is 7.94. The normalized spacial score (nSPS) is 12.6. The second-order valence-corrected chi connectivity index (χ2v) is 8.37. The maximum absolute atomic E-state index is 13.0. The van der Waals surface area contributed by atoms with Gasteiger partial charge in [0, 0.05) is 13.1 Å². The van der Waals surface area contributed by atoms with Crippen molar-refractivity contribution >= 4 is 15.8 Å². The Hall–Kier alpha value is -2.34. The lowest BCUT2D eigenvalue weighted by Gasteiger charge is -2.14. The maximum Gasteiger partial charge on any atom is 0.350 e. The molecule has 0 aliphatic carbocycles. The van der Waals surface area contributed by atoms with Crippen LogP contribution in [0.1, 0.15) is 46.5 Å². The third-order valence-corrected chi connectivity index (χ3v) is 6.05. The Morgan fingerprint density at radius 3 is 2.31 bits per heavy atom. The van der Waals surface area contributed by atoms with E-state index < -0.39 is 15.8 Å². The summed E-state index contributed by atoms with van der Waals surface area (Å²) < 4.78 is 31.2. The predicted molar refractivity (Wildman–Crippen MR) is 118 cm³/mol. The number of hydrogen-bond acceptors (Lipinski definition) is 5. The van der Waals surface area contributed by atoms with E-state index in [2.05, 4.69) is 19.1 Å². The van der Waals surface area contributed by atoms with Crippen molar-refractivity contribution < 1.29 is 17.9 Å². The van der Waals surface area contributed by atoms with Crippen LogP contribution in [0.5, 0.6) is 0 Å². The monoisotopic (exact) mass is 419 g/mol. The molecule has 0 aromatic heterocycles. The van der Waals surface area contributed by atoms with Crippen LogP contribution in [0.4, 0.5) is 0 Å². The molecule has 0 spiro atoms. The van der Waals surface area contributed by atoms with Gasteiger partial charge in [-0.05, 0) is 63.6 Å². The minimum Gasteiger partial charge on any atom is -0.462 e. The zero-order valence-electron chi connectivity index (χ0n) is 17.7. The molecular formula is C23H33NO4S. The second-order valence-electron chi connectivity index (χ2n) is 6.45. The van der Waals surface area contributed by atoms with Crippen molar-refractivity contribution in [2.24, 2.45) is 0 Å². The largest absolute Gasteiger partial charge is 0.462 e. The average molecular weight is 420 g/mol. The maximum atomic E-state index is 13.0. The molecule has 0 heterocycles. The van der Waals surface area contributed by atoms with Crippen LogP contribution in [0, 0.1) is 0 Å². The molecule has 0 N–H and O–H groups in total. The second kappa shape index (κ2) is 13.8. The quantitative estimate of drug-likeness (QED) is 0.150. The smallest absolute Gasteiger partial charge is 0.350 e. The summed E-state index contributed by atoms with van der Waals surface area (Å²) in [7, 11) is -3.96. The first-order valence-electron chi connectivity index (χ1n) is 10.2. The van der Waals surface area contributed by atoms with Crippen molar-refractivity contribution in [2.45, 2.75) is 51.3 Å². The molecule has 0 saturated carbocycles. The number of rotatable bonds is 13. The molecule has 1 aromatic rings. The average Bonchev–Trinajstić information content (AvgIpc) is 2.73. The van der Waals surface area contributed by atoms with Crippen LogP contribution < -0.4 is 0 Å². The minimum atomic E-state index is -3.96. The number of ether oxygens (including phenoxy) is 1. The molecule has 5 nitrogen and oxygen atoms in total. The molecule has 0 atom stereocenters. The summed E-state index contributed by atoms with van der Waals surface area (Å²) in [5, 5.41) is 0. The molecule has 0 fully saturated rings. The van der Waals surface area contributed by atoms with E-state index in [1.807, 2.05) is 18.7 Å². The van der Waals surface area contributed by atoms with Crippen LogP contribution in [-0.4, -0.2) is 39.0 Å². The van der Waals surface area contributed by atoms with E-state index in [0.717, 1.165) is 32.4 Å². The molecule has 1 aromatic carbocycles. The first kappa shape index (κ1) is 24.7. The fourth-order valence-electron chi connectivity index (χ4n) is 2.52. The van der Waals surface area contributed by atoms with Crippen LogP contribution in [0.3, 0.4) is 0 Å². The summed E-state index contributed by atoms with van der Waals surface area (Å²) >= 11 is 0. The van der Waals surface area contributed by atoms with Crippen LogP contribution in [0.15, 0.2) is 70.6 Å². The van der Waals surface area contributed by atoms with Gasteiger partial charge in [0.25, 0.3) is 0 Å². The number of unbranched alkanes of at least 4 members (excludes halogenated alkanes) is 2. The van der Waals surface area contributed by atoms with E-state index in [0.29, 0.717) is 6.42 Å². The highest BCUT2D eigenvalue weighted by molar-refractivity contribution is 7.96. The third-order valence-electron chi connectivity index (χ3n) is 4.27. The highest BCUT2D eigenvalue weighted by Gasteiger charge is 2.27. The fraction of sp³-hybridized carbons (Fsp3) is 0.435. The van der Waals surface area contributed by atoms with Crippen molar-refractivity contribution in [1.82, 2.24) is 4.90 Å². The molecule has 0 saturated heterocycles. The number of nitrogens with zero attached hydrogens (tertiary/aromatic N) is 1.